The minimum atomic E-state index is -1.24. The number of furan rings is 1. The van der Waals surface area contributed by atoms with E-state index in [1.807, 2.05) is 6.92 Å². The van der Waals surface area contributed by atoms with Gasteiger partial charge >= 0.3 is 5.97 Å². The zero-order valence-corrected chi connectivity index (χ0v) is 11.2. The van der Waals surface area contributed by atoms with Crippen LogP contribution in [0.1, 0.15) is 43.8 Å². The van der Waals surface area contributed by atoms with Gasteiger partial charge < -0.3 is 14.4 Å². The molecule has 0 saturated heterocycles. The van der Waals surface area contributed by atoms with Gasteiger partial charge in [-0.05, 0) is 26.8 Å². The van der Waals surface area contributed by atoms with Gasteiger partial charge in [0.15, 0.2) is 0 Å². The predicted octanol–water partition coefficient (Wildman–Crippen LogP) is 2.17. The van der Waals surface area contributed by atoms with Crippen molar-refractivity contribution >= 4 is 11.9 Å². The largest absolute Gasteiger partial charge is 0.480 e. The van der Waals surface area contributed by atoms with E-state index in [9.17, 15) is 14.7 Å². The smallest absolute Gasteiger partial charge is 0.329 e. The molecule has 1 heterocycles. The Morgan fingerprint density at radius 1 is 1.39 bits per heavy atom. The molecule has 0 unspecified atom stereocenters. The van der Waals surface area contributed by atoms with Crippen molar-refractivity contribution < 1.29 is 19.1 Å². The second-order valence-corrected chi connectivity index (χ2v) is 4.52. The third-order valence-corrected chi connectivity index (χ3v) is 3.06. The zero-order chi connectivity index (χ0) is 13.9. The van der Waals surface area contributed by atoms with Crippen LogP contribution in [0.25, 0.3) is 0 Å². The number of likely N-dealkylation sites (N-methyl/N-ethyl adjacent to an activating group) is 1. The quantitative estimate of drug-likeness (QED) is 0.873. The van der Waals surface area contributed by atoms with Gasteiger partial charge in [-0.3, -0.25) is 4.79 Å². The highest BCUT2D eigenvalue weighted by Gasteiger charge is 2.38. The number of carboxylic acids is 1. The lowest BCUT2D eigenvalue weighted by molar-refractivity contribution is -0.147. The molecular formula is C13H19NO4. The first kappa shape index (κ1) is 14.3. The van der Waals surface area contributed by atoms with Crippen molar-refractivity contribution in [3.8, 4) is 0 Å². The summed E-state index contributed by atoms with van der Waals surface area (Å²) in [6.07, 6.45) is 2.05. The van der Waals surface area contributed by atoms with Crippen LogP contribution in [0.5, 0.6) is 0 Å². The third kappa shape index (κ3) is 2.39. The summed E-state index contributed by atoms with van der Waals surface area (Å²) >= 11 is 0. The van der Waals surface area contributed by atoms with Crippen LogP contribution < -0.4 is 0 Å². The average molecular weight is 253 g/mol. The predicted molar refractivity (Wildman–Crippen MR) is 66.5 cm³/mol. The zero-order valence-electron chi connectivity index (χ0n) is 11.2. The standard InChI is InChI=1S/C13H19NO4/c1-5-10-9(7-8-18-10)11(15)14(6-2)13(3,4)12(16)17/h7-8H,5-6H2,1-4H3,(H,16,17). The van der Waals surface area contributed by atoms with Crippen LogP contribution >= 0.6 is 0 Å². The van der Waals surface area contributed by atoms with Gasteiger partial charge in [0.1, 0.15) is 11.3 Å². The average Bonchev–Trinajstić information content (AvgIpc) is 2.77. The highest BCUT2D eigenvalue weighted by Crippen LogP contribution is 2.21. The van der Waals surface area contributed by atoms with Crippen LogP contribution in [0, 0.1) is 0 Å². The summed E-state index contributed by atoms with van der Waals surface area (Å²) in [4.78, 5) is 24.9. The maximum atomic E-state index is 12.4. The van der Waals surface area contributed by atoms with Crippen molar-refractivity contribution in [2.75, 3.05) is 6.54 Å². The van der Waals surface area contributed by atoms with E-state index in [2.05, 4.69) is 0 Å². The molecule has 0 spiro atoms. The Balaban J connectivity index is 3.11. The molecule has 0 aliphatic heterocycles. The summed E-state index contributed by atoms with van der Waals surface area (Å²) in [5.41, 5.74) is -0.803. The maximum absolute atomic E-state index is 12.4. The summed E-state index contributed by atoms with van der Waals surface area (Å²) in [7, 11) is 0. The van der Waals surface area contributed by atoms with Crippen molar-refractivity contribution in [2.24, 2.45) is 0 Å². The number of carbonyl (C=O) groups excluding carboxylic acids is 1. The van der Waals surface area contributed by atoms with Crippen molar-refractivity contribution in [2.45, 2.75) is 39.7 Å². The first-order chi connectivity index (χ1) is 8.36. The van der Waals surface area contributed by atoms with Crippen LogP contribution in [-0.2, 0) is 11.2 Å². The number of rotatable bonds is 5. The number of hydrogen-bond donors (Lipinski definition) is 1. The molecule has 0 aliphatic carbocycles. The molecule has 5 nitrogen and oxygen atoms in total. The Labute approximate surface area is 106 Å². The van der Waals surface area contributed by atoms with Crippen LogP contribution in [0.2, 0.25) is 0 Å². The molecule has 5 heteroatoms. The van der Waals surface area contributed by atoms with Crippen LogP contribution in [0.4, 0.5) is 0 Å². The lowest BCUT2D eigenvalue weighted by Gasteiger charge is -2.34. The van der Waals surface area contributed by atoms with Gasteiger partial charge in [-0.2, -0.15) is 0 Å². The van der Waals surface area contributed by atoms with Gasteiger partial charge in [-0.1, -0.05) is 6.92 Å². The fraction of sp³-hybridized carbons (Fsp3) is 0.538. The van der Waals surface area contributed by atoms with E-state index in [-0.39, 0.29) is 5.91 Å². The summed E-state index contributed by atoms with van der Waals surface area (Å²) in [6.45, 7) is 7.00. The normalized spacial score (nSPS) is 11.3. The van der Waals surface area contributed by atoms with E-state index in [0.29, 0.717) is 24.3 Å². The summed E-state index contributed by atoms with van der Waals surface area (Å²) < 4.78 is 5.21. The SMILES string of the molecule is CCc1occc1C(=O)N(CC)C(C)(C)C(=O)O. The van der Waals surface area contributed by atoms with Crippen molar-refractivity contribution in [1.29, 1.82) is 0 Å². The molecule has 0 aliphatic rings. The lowest BCUT2D eigenvalue weighted by atomic mass is 10.0. The van der Waals surface area contributed by atoms with Crippen molar-refractivity contribution in [3.63, 3.8) is 0 Å². The lowest BCUT2D eigenvalue weighted by Crippen LogP contribution is -2.53. The van der Waals surface area contributed by atoms with E-state index in [1.165, 1.54) is 25.0 Å². The van der Waals surface area contributed by atoms with Gasteiger partial charge in [0.25, 0.3) is 5.91 Å². The number of carboxylic acid groups (broad SMARTS) is 1. The van der Waals surface area contributed by atoms with Gasteiger partial charge in [0.05, 0.1) is 11.8 Å². The molecule has 0 fully saturated rings. The topological polar surface area (TPSA) is 70.8 Å². The summed E-state index contributed by atoms with van der Waals surface area (Å²) in [5, 5.41) is 9.20. The highest BCUT2D eigenvalue weighted by atomic mass is 16.4. The molecule has 0 radical (unpaired) electrons. The molecule has 1 aromatic rings. The molecule has 1 amide bonds. The van der Waals surface area contributed by atoms with Gasteiger partial charge in [-0.25, -0.2) is 4.79 Å². The van der Waals surface area contributed by atoms with E-state index in [4.69, 9.17) is 4.42 Å². The fourth-order valence-electron chi connectivity index (χ4n) is 1.86. The molecule has 0 atom stereocenters. The first-order valence-electron chi connectivity index (χ1n) is 5.97. The van der Waals surface area contributed by atoms with Crippen molar-refractivity contribution in [3.05, 3.63) is 23.7 Å². The van der Waals surface area contributed by atoms with Gasteiger partial charge in [0, 0.05) is 13.0 Å². The first-order valence-corrected chi connectivity index (χ1v) is 5.97. The van der Waals surface area contributed by atoms with E-state index < -0.39 is 11.5 Å². The second-order valence-electron chi connectivity index (χ2n) is 4.52. The third-order valence-electron chi connectivity index (χ3n) is 3.06. The molecule has 1 rings (SSSR count). The van der Waals surface area contributed by atoms with Crippen LogP contribution in [0.15, 0.2) is 16.7 Å². The molecule has 100 valence electrons. The summed E-state index contributed by atoms with van der Waals surface area (Å²) in [5.74, 6) is -0.755. The van der Waals surface area contributed by atoms with Crippen molar-refractivity contribution in [1.82, 2.24) is 4.90 Å². The summed E-state index contributed by atoms with van der Waals surface area (Å²) in [6, 6.07) is 1.59. The Kier molecular flexibility index (Phi) is 4.16. The Morgan fingerprint density at radius 2 is 2.00 bits per heavy atom. The highest BCUT2D eigenvalue weighted by molar-refractivity contribution is 5.98. The fourth-order valence-corrected chi connectivity index (χ4v) is 1.86. The number of amides is 1. The molecule has 0 aromatic carbocycles. The molecular weight excluding hydrogens is 234 g/mol. The Hall–Kier alpha value is -1.78. The van der Waals surface area contributed by atoms with Crippen LogP contribution in [-0.4, -0.2) is 34.0 Å². The monoisotopic (exact) mass is 253 g/mol. The number of nitrogens with zero attached hydrogens (tertiary/aromatic N) is 1. The number of carbonyl (C=O) groups is 2. The van der Waals surface area contributed by atoms with Gasteiger partial charge in [-0.15, -0.1) is 0 Å². The number of hydrogen-bond acceptors (Lipinski definition) is 3. The molecule has 1 aromatic heterocycles. The van der Waals surface area contributed by atoms with E-state index >= 15 is 0 Å². The minimum Gasteiger partial charge on any atom is -0.480 e. The molecule has 0 saturated carbocycles. The molecule has 1 N–H and O–H groups in total. The maximum Gasteiger partial charge on any atom is 0.329 e. The molecule has 18 heavy (non-hydrogen) atoms. The molecule has 0 bridgehead atoms. The van der Waals surface area contributed by atoms with E-state index in [1.54, 1.807) is 13.0 Å². The second kappa shape index (κ2) is 5.25. The minimum absolute atomic E-state index is 0.310. The Morgan fingerprint density at radius 3 is 2.44 bits per heavy atom. The van der Waals surface area contributed by atoms with E-state index in [0.717, 1.165) is 0 Å². The Bertz CT molecular complexity index is 448. The van der Waals surface area contributed by atoms with Gasteiger partial charge in [0.2, 0.25) is 0 Å². The number of aliphatic carboxylic acids is 1. The van der Waals surface area contributed by atoms with Crippen LogP contribution in [0.3, 0.4) is 0 Å². The number of aryl methyl sites for hydroxylation is 1.